The highest BCUT2D eigenvalue weighted by atomic mass is 32.5. The van der Waals surface area contributed by atoms with E-state index in [1.165, 1.54) is 12.9 Å². The lowest BCUT2D eigenvalue weighted by molar-refractivity contribution is -0.185. The molecule has 0 amide bonds. The van der Waals surface area contributed by atoms with Gasteiger partial charge in [-0.15, -0.1) is 0 Å². The second-order valence-electron chi connectivity index (χ2n) is 4.42. The van der Waals surface area contributed by atoms with E-state index in [0.717, 1.165) is 0 Å². The number of esters is 1. The number of aliphatic hydroxyl groups excluding tert-OH is 1. The Labute approximate surface area is 114 Å². The summed E-state index contributed by atoms with van der Waals surface area (Å²) in [5, 5.41) is 10.1. The molecule has 0 aromatic carbocycles. The molecule has 0 unspecified atom stereocenters. The Morgan fingerprint density at radius 3 is 2.53 bits per heavy atom. The van der Waals surface area contributed by atoms with Crippen molar-refractivity contribution < 1.29 is 27.8 Å². The smallest absolute Gasteiger partial charge is 0.335 e. The number of hydrogen-bond acceptors (Lipinski definition) is 6. The number of carbonyl (C=O) groups excluding carboxylic acids is 1. The van der Waals surface area contributed by atoms with Gasteiger partial charge < -0.3 is 14.6 Å². The Morgan fingerprint density at radius 1 is 1.37 bits per heavy atom. The van der Waals surface area contributed by atoms with Gasteiger partial charge in [0.05, 0.1) is 26.7 Å². The van der Waals surface area contributed by atoms with Crippen molar-refractivity contribution in [3.05, 3.63) is 11.9 Å². The number of ether oxygens (including phenoxy) is 2. The van der Waals surface area contributed by atoms with Crippen LogP contribution in [0.25, 0.3) is 0 Å². The second-order valence-corrected chi connectivity index (χ2v) is 6.89. The minimum atomic E-state index is -2.19. The summed E-state index contributed by atoms with van der Waals surface area (Å²) in [7, 11) is -0.815. The maximum Gasteiger partial charge on any atom is 0.335 e. The standard InChI is InChI=1S/C11H17O6PS/c1-6-8(4-5-18-19(14)15)17-10(11(13)16-3)7(2)9(6)12/h4-10,12H,1-3H3/b5-4+/t6-,7-,8+,9-,10+/m1/s1. The van der Waals surface area contributed by atoms with E-state index in [-0.39, 0.29) is 19.2 Å². The molecule has 1 heterocycles. The Kier molecular flexibility index (Phi) is 6.13. The molecule has 0 aliphatic carbocycles. The SMILES string of the molecule is COC(=O)[C@H]1O[C@@H](/C=C/P=S(=O)=O)[C@@H](C)[C@@H](O)[C@H]1C. The first-order valence-corrected chi connectivity index (χ1v) is 8.41. The maximum absolute atomic E-state index is 11.6. The topological polar surface area (TPSA) is 89.9 Å². The van der Waals surface area contributed by atoms with Crippen LogP contribution in [0.1, 0.15) is 13.8 Å². The zero-order chi connectivity index (χ0) is 14.6. The first-order chi connectivity index (χ1) is 8.88. The molecule has 0 radical (unpaired) electrons. The molecule has 0 saturated carbocycles. The largest absolute Gasteiger partial charge is 0.467 e. The summed E-state index contributed by atoms with van der Waals surface area (Å²) in [6.07, 6.45) is -0.541. The van der Waals surface area contributed by atoms with Gasteiger partial charge in [0, 0.05) is 11.8 Å². The molecule has 0 aromatic rings. The van der Waals surface area contributed by atoms with E-state index in [9.17, 15) is 18.3 Å². The quantitative estimate of drug-likeness (QED) is 0.613. The van der Waals surface area contributed by atoms with Crippen LogP contribution in [0.4, 0.5) is 0 Å². The number of aliphatic hydroxyl groups is 1. The van der Waals surface area contributed by atoms with Crippen molar-refractivity contribution in [3.8, 4) is 0 Å². The molecule has 1 rings (SSSR count). The van der Waals surface area contributed by atoms with Gasteiger partial charge in [-0.2, -0.15) is 8.42 Å². The molecule has 1 aliphatic rings. The summed E-state index contributed by atoms with van der Waals surface area (Å²) < 4.78 is 31.1. The van der Waals surface area contributed by atoms with E-state index in [1.807, 2.05) is 0 Å². The fourth-order valence-corrected chi connectivity index (χ4v) is 2.89. The van der Waals surface area contributed by atoms with Crippen molar-refractivity contribution in [1.29, 1.82) is 0 Å². The summed E-state index contributed by atoms with van der Waals surface area (Å²) in [6, 6.07) is 0. The first kappa shape index (κ1) is 16.3. The molecule has 0 spiro atoms. The maximum atomic E-state index is 11.6. The van der Waals surface area contributed by atoms with E-state index in [1.54, 1.807) is 19.9 Å². The van der Waals surface area contributed by atoms with Crippen LogP contribution in [0, 0.1) is 11.8 Å². The molecule has 8 heteroatoms. The summed E-state index contributed by atoms with van der Waals surface area (Å²) in [4.78, 5) is 11.6. The Hall–Kier alpha value is -0.750. The molecule has 6 nitrogen and oxygen atoms in total. The molecule has 1 aliphatic heterocycles. The van der Waals surface area contributed by atoms with Crippen molar-refractivity contribution in [2.75, 3.05) is 7.11 Å². The molecular weight excluding hydrogens is 291 g/mol. The third kappa shape index (κ3) is 4.11. The van der Waals surface area contributed by atoms with Crippen LogP contribution in [0.3, 0.4) is 0 Å². The number of carbonyl (C=O) groups is 1. The van der Waals surface area contributed by atoms with Crippen molar-refractivity contribution in [1.82, 2.24) is 0 Å². The van der Waals surface area contributed by atoms with E-state index in [4.69, 9.17) is 4.74 Å². The Bertz CT molecular complexity index is 477. The first-order valence-electron chi connectivity index (χ1n) is 5.76. The van der Waals surface area contributed by atoms with E-state index in [0.29, 0.717) is 0 Å². The van der Waals surface area contributed by atoms with Crippen molar-refractivity contribution >= 4 is 23.2 Å². The van der Waals surface area contributed by atoms with Crippen LogP contribution < -0.4 is 0 Å². The number of hydrogen-bond donors (Lipinski definition) is 1. The fourth-order valence-electron chi connectivity index (χ4n) is 2.05. The van der Waals surface area contributed by atoms with Gasteiger partial charge in [0.2, 0.25) is 9.88 Å². The van der Waals surface area contributed by atoms with E-state index in [2.05, 4.69) is 4.74 Å². The third-order valence-corrected chi connectivity index (χ3v) is 4.58. The highest BCUT2D eigenvalue weighted by Crippen LogP contribution is 2.31. The molecular formula is C11H17O6PS. The predicted octanol–water partition coefficient (Wildman–Crippen LogP) is 0.814. The molecule has 1 saturated heterocycles. The lowest BCUT2D eigenvalue weighted by Gasteiger charge is -2.40. The van der Waals surface area contributed by atoms with Crippen LogP contribution in [0.15, 0.2) is 11.9 Å². The molecule has 0 bridgehead atoms. The summed E-state index contributed by atoms with van der Waals surface area (Å²) in [6.45, 7) is 3.50. The van der Waals surface area contributed by atoms with Crippen LogP contribution in [0.2, 0.25) is 0 Å². The second kappa shape index (κ2) is 7.14. The lowest BCUT2D eigenvalue weighted by Crippen LogP contribution is -2.51. The van der Waals surface area contributed by atoms with Gasteiger partial charge in [0.25, 0.3) is 0 Å². The molecule has 5 atom stereocenters. The zero-order valence-corrected chi connectivity index (χ0v) is 12.6. The van der Waals surface area contributed by atoms with Gasteiger partial charge in [-0.25, -0.2) is 4.79 Å². The monoisotopic (exact) mass is 308 g/mol. The average Bonchev–Trinajstić information content (AvgIpc) is 2.37. The third-order valence-electron chi connectivity index (χ3n) is 3.23. The van der Waals surface area contributed by atoms with Crippen molar-refractivity contribution in [3.63, 3.8) is 0 Å². The zero-order valence-electron chi connectivity index (χ0n) is 10.9. The van der Waals surface area contributed by atoms with E-state index < -0.39 is 34.2 Å². The summed E-state index contributed by atoms with van der Waals surface area (Å²) in [5.74, 6) is 0.268. The minimum Gasteiger partial charge on any atom is -0.467 e. The highest BCUT2D eigenvalue weighted by molar-refractivity contribution is 8.05. The van der Waals surface area contributed by atoms with E-state index >= 15 is 0 Å². The number of rotatable bonds is 3. The summed E-state index contributed by atoms with van der Waals surface area (Å²) in [5.41, 5.74) is 0. The fraction of sp³-hybridized carbons (Fsp3) is 0.727. The highest BCUT2D eigenvalue weighted by Gasteiger charge is 2.43. The predicted molar refractivity (Wildman–Crippen MR) is 70.0 cm³/mol. The Morgan fingerprint density at radius 2 is 2.00 bits per heavy atom. The van der Waals surface area contributed by atoms with Crippen molar-refractivity contribution in [2.24, 2.45) is 11.8 Å². The van der Waals surface area contributed by atoms with Gasteiger partial charge in [0.15, 0.2) is 6.10 Å². The van der Waals surface area contributed by atoms with Crippen LogP contribution in [-0.4, -0.2) is 44.9 Å². The molecule has 108 valence electrons. The number of methoxy groups -OCH3 is 1. The van der Waals surface area contributed by atoms with Crippen LogP contribution in [-0.2, 0) is 24.2 Å². The normalized spacial score (nSPS) is 35.5. The van der Waals surface area contributed by atoms with Gasteiger partial charge in [-0.05, 0) is 11.9 Å². The van der Waals surface area contributed by atoms with Crippen LogP contribution >= 0.6 is 7.36 Å². The van der Waals surface area contributed by atoms with Crippen LogP contribution in [0.5, 0.6) is 0 Å². The molecule has 1 fully saturated rings. The van der Waals surface area contributed by atoms with Gasteiger partial charge in [-0.1, -0.05) is 13.8 Å². The Balaban J connectivity index is 2.90. The lowest BCUT2D eigenvalue weighted by atomic mass is 9.83. The molecule has 0 aromatic heterocycles. The van der Waals surface area contributed by atoms with Gasteiger partial charge in [0.1, 0.15) is 0 Å². The van der Waals surface area contributed by atoms with Crippen molar-refractivity contribution in [2.45, 2.75) is 32.2 Å². The average molecular weight is 308 g/mol. The summed E-state index contributed by atoms with van der Waals surface area (Å²) >= 11 is 0. The molecule has 1 N–H and O–H groups in total. The minimum absolute atomic E-state index is 0.118. The van der Waals surface area contributed by atoms with Gasteiger partial charge in [-0.3, -0.25) is 0 Å². The van der Waals surface area contributed by atoms with Gasteiger partial charge >= 0.3 is 5.97 Å². The molecule has 19 heavy (non-hydrogen) atoms.